The zero-order valence-electron chi connectivity index (χ0n) is 15.4. The Hall–Kier alpha value is -2.65. The molecule has 30 heavy (non-hydrogen) atoms. The minimum atomic E-state index is -1.00. The van der Waals surface area contributed by atoms with Gasteiger partial charge in [-0.3, -0.25) is 5.43 Å². The van der Waals surface area contributed by atoms with Crippen LogP contribution in [-0.2, 0) is 0 Å². The summed E-state index contributed by atoms with van der Waals surface area (Å²) in [6.07, 6.45) is 0. The SMILES string of the molecule is C/C(=N/NC(=S)Nc1ccc(C(=O)O)cc1)c1csc(-c2ccc(Cl)c(Cl)c2)c1O. The summed E-state index contributed by atoms with van der Waals surface area (Å²) in [5.74, 6) is -0.914. The molecular formula is C20H15Cl2N3O3S2. The Labute approximate surface area is 191 Å². The first-order valence-electron chi connectivity index (χ1n) is 8.47. The summed E-state index contributed by atoms with van der Waals surface area (Å²) < 4.78 is 0. The fourth-order valence-electron chi connectivity index (χ4n) is 2.50. The highest BCUT2D eigenvalue weighted by molar-refractivity contribution is 7.80. The largest absolute Gasteiger partial charge is 0.506 e. The maximum atomic E-state index is 10.9. The lowest BCUT2D eigenvalue weighted by atomic mass is 10.1. The minimum Gasteiger partial charge on any atom is -0.506 e. The van der Waals surface area contributed by atoms with Gasteiger partial charge < -0.3 is 15.5 Å². The average molecular weight is 480 g/mol. The molecular weight excluding hydrogens is 465 g/mol. The maximum Gasteiger partial charge on any atom is 0.335 e. The van der Waals surface area contributed by atoms with Crippen molar-refractivity contribution in [1.82, 2.24) is 5.43 Å². The second-order valence-electron chi connectivity index (χ2n) is 6.10. The Balaban J connectivity index is 1.69. The van der Waals surface area contributed by atoms with Gasteiger partial charge in [-0.05, 0) is 61.1 Å². The fraction of sp³-hybridized carbons (Fsp3) is 0.0500. The normalized spacial score (nSPS) is 11.2. The number of nitrogens with one attached hydrogen (secondary N) is 2. The Bertz CT molecular complexity index is 1140. The van der Waals surface area contributed by atoms with E-state index in [2.05, 4.69) is 15.8 Å². The number of carboxylic acid groups (broad SMARTS) is 1. The van der Waals surface area contributed by atoms with Crippen molar-refractivity contribution in [2.75, 3.05) is 5.32 Å². The van der Waals surface area contributed by atoms with Crippen molar-refractivity contribution < 1.29 is 15.0 Å². The third kappa shape index (κ3) is 5.09. The van der Waals surface area contributed by atoms with Crippen molar-refractivity contribution in [2.24, 2.45) is 5.10 Å². The number of halogens is 2. The van der Waals surface area contributed by atoms with Gasteiger partial charge in [0, 0.05) is 11.1 Å². The van der Waals surface area contributed by atoms with Gasteiger partial charge in [-0.25, -0.2) is 4.79 Å². The Kier molecular flexibility index (Phi) is 6.94. The van der Waals surface area contributed by atoms with Crippen LogP contribution >= 0.6 is 46.8 Å². The number of hydrogen-bond acceptors (Lipinski definition) is 5. The Morgan fingerprint density at radius 3 is 2.47 bits per heavy atom. The predicted octanol–water partition coefficient (Wildman–Crippen LogP) is 5.84. The molecule has 10 heteroatoms. The molecule has 0 aliphatic rings. The van der Waals surface area contributed by atoms with Gasteiger partial charge in [0.1, 0.15) is 5.75 Å². The predicted molar refractivity (Wildman–Crippen MR) is 126 cm³/mol. The maximum absolute atomic E-state index is 10.9. The van der Waals surface area contributed by atoms with Crippen molar-refractivity contribution in [3.8, 4) is 16.2 Å². The second-order valence-corrected chi connectivity index (χ2v) is 8.20. The molecule has 2 aromatic carbocycles. The molecule has 3 rings (SSSR count). The van der Waals surface area contributed by atoms with E-state index in [1.807, 2.05) is 0 Å². The van der Waals surface area contributed by atoms with Gasteiger partial charge in [0.2, 0.25) is 0 Å². The van der Waals surface area contributed by atoms with Crippen LogP contribution in [0.2, 0.25) is 10.0 Å². The van der Waals surface area contributed by atoms with Crippen LogP contribution in [0.4, 0.5) is 5.69 Å². The van der Waals surface area contributed by atoms with Gasteiger partial charge in [0.15, 0.2) is 5.11 Å². The van der Waals surface area contributed by atoms with E-state index < -0.39 is 5.97 Å². The van der Waals surface area contributed by atoms with Crippen LogP contribution in [0.5, 0.6) is 5.75 Å². The highest BCUT2D eigenvalue weighted by atomic mass is 35.5. The highest BCUT2D eigenvalue weighted by Gasteiger charge is 2.15. The number of aromatic carboxylic acids is 1. The molecule has 3 aromatic rings. The van der Waals surface area contributed by atoms with Crippen molar-refractivity contribution in [3.63, 3.8) is 0 Å². The quantitative estimate of drug-likeness (QED) is 0.208. The molecule has 0 amide bonds. The third-order valence-electron chi connectivity index (χ3n) is 4.05. The summed E-state index contributed by atoms with van der Waals surface area (Å²) in [6, 6.07) is 11.3. The van der Waals surface area contributed by atoms with E-state index in [0.717, 1.165) is 5.56 Å². The van der Waals surface area contributed by atoms with Gasteiger partial charge in [-0.15, -0.1) is 11.3 Å². The summed E-state index contributed by atoms with van der Waals surface area (Å²) in [6.45, 7) is 1.73. The number of carboxylic acids is 1. The van der Waals surface area contributed by atoms with Gasteiger partial charge in [0.25, 0.3) is 0 Å². The van der Waals surface area contributed by atoms with Gasteiger partial charge >= 0.3 is 5.97 Å². The molecule has 0 radical (unpaired) electrons. The topological polar surface area (TPSA) is 94.0 Å². The molecule has 0 spiro atoms. The number of benzene rings is 2. The molecule has 4 N–H and O–H groups in total. The van der Waals surface area contributed by atoms with Crippen LogP contribution in [0.3, 0.4) is 0 Å². The summed E-state index contributed by atoms with van der Waals surface area (Å²) in [5.41, 5.74) is 5.34. The molecule has 0 saturated carbocycles. The first-order chi connectivity index (χ1) is 14.3. The first-order valence-corrected chi connectivity index (χ1v) is 10.5. The lowest BCUT2D eigenvalue weighted by molar-refractivity contribution is 0.0697. The number of thiophene rings is 1. The summed E-state index contributed by atoms with van der Waals surface area (Å²) in [5, 5.41) is 29.5. The number of carbonyl (C=O) groups is 1. The van der Waals surface area contributed by atoms with Crippen molar-refractivity contribution in [2.45, 2.75) is 6.92 Å². The number of aromatic hydroxyl groups is 1. The van der Waals surface area contributed by atoms with Crippen LogP contribution in [-0.4, -0.2) is 27.0 Å². The molecule has 154 valence electrons. The van der Waals surface area contributed by atoms with Crippen molar-refractivity contribution in [1.29, 1.82) is 0 Å². The lowest BCUT2D eigenvalue weighted by Gasteiger charge is -2.08. The molecule has 0 fully saturated rings. The minimum absolute atomic E-state index is 0.0876. The number of hydrogen-bond donors (Lipinski definition) is 4. The fourth-order valence-corrected chi connectivity index (χ4v) is 3.96. The van der Waals surface area contributed by atoms with Crippen molar-refractivity contribution in [3.05, 3.63) is 69.0 Å². The zero-order valence-corrected chi connectivity index (χ0v) is 18.6. The summed E-state index contributed by atoms with van der Waals surface area (Å²) >= 11 is 18.6. The van der Waals surface area contributed by atoms with Crippen LogP contribution < -0.4 is 10.7 Å². The van der Waals surface area contributed by atoms with Crippen LogP contribution in [0.25, 0.3) is 10.4 Å². The van der Waals surface area contributed by atoms with E-state index in [4.69, 9.17) is 40.5 Å². The van der Waals surface area contributed by atoms with E-state index in [-0.39, 0.29) is 16.4 Å². The molecule has 0 bridgehead atoms. The average Bonchev–Trinajstić information content (AvgIpc) is 3.10. The van der Waals surface area contributed by atoms with Crippen molar-refractivity contribution >= 4 is 69.2 Å². The summed E-state index contributed by atoms with van der Waals surface area (Å²) in [4.78, 5) is 11.5. The molecule has 1 heterocycles. The number of hydrazone groups is 1. The van der Waals surface area contributed by atoms with E-state index >= 15 is 0 Å². The Morgan fingerprint density at radius 2 is 1.83 bits per heavy atom. The number of thiocarbonyl (C=S) groups is 1. The molecule has 1 aromatic heterocycles. The molecule has 6 nitrogen and oxygen atoms in total. The molecule has 0 saturated heterocycles. The standard InChI is InChI=1S/C20H15Cl2N3O3S2/c1-10(24-25-20(29)23-13-5-2-11(3-6-13)19(27)28)14-9-30-18(17(14)26)12-4-7-15(21)16(22)8-12/h2-9,26H,1H3,(H,27,28)(H2,23,25,29)/b24-10-. The molecule has 0 aliphatic carbocycles. The first kappa shape index (κ1) is 22.0. The number of rotatable bonds is 5. The smallest absolute Gasteiger partial charge is 0.335 e. The monoisotopic (exact) mass is 479 g/mol. The molecule has 0 aliphatic heterocycles. The number of anilines is 1. The van der Waals surface area contributed by atoms with E-state index in [1.165, 1.54) is 23.5 Å². The summed E-state index contributed by atoms with van der Waals surface area (Å²) in [7, 11) is 0. The second kappa shape index (κ2) is 9.44. The molecule has 0 atom stereocenters. The highest BCUT2D eigenvalue weighted by Crippen LogP contribution is 2.40. The van der Waals surface area contributed by atoms with Crippen LogP contribution in [0, 0.1) is 0 Å². The van der Waals surface area contributed by atoms with Crippen LogP contribution in [0.15, 0.2) is 52.9 Å². The van der Waals surface area contributed by atoms with E-state index in [0.29, 0.717) is 31.9 Å². The third-order valence-corrected chi connectivity index (χ3v) is 6.00. The lowest BCUT2D eigenvalue weighted by Crippen LogP contribution is -2.24. The zero-order chi connectivity index (χ0) is 21.8. The van der Waals surface area contributed by atoms with Gasteiger partial charge in [-0.2, -0.15) is 5.10 Å². The van der Waals surface area contributed by atoms with Crippen LogP contribution in [0.1, 0.15) is 22.8 Å². The van der Waals surface area contributed by atoms with E-state index in [9.17, 15) is 9.90 Å². The van der Waals surface area contributed by atoms with Gasteiger partial charge in [-0.1, -0.05) is 29.3 Å². The Morgan fingerprint density at radius 1 is 1.13 bits per heavy atom. The molecule has 0 unspecified atom stereocenters. The van der Waals surface area contributed by atoms with E-state index in [1.54, 1.807) is 42.6 Å². The van der Waals surface area contributed by atoms with Gasteiger partial charge in [0.05, 0.1) is 31.8 Å². The number of nitrogens with zero attached hydrogens (tertiary/aromatic N) is 1.